The monoisotopic (exact) mass is 1380 g/mol. The fourth-order valence-electron chi connectivity index (χ4n) is 13.0. The molecule has 0 aromatic carbocycles. The van der Waals surface area contributed by atoms with E-state index in [0.717, 1.165) is 57.8 Å². The van der Waals surface area contributed by atoms with Crippen LogP contribution >= 0.6 is 0 Å². The van der Waals surface area contributed by atoms with Gasteiger partial charge in [-0.25, -0.2) is 0 Å². The first-order chi connectivity index (χ1) is 47.3. The SMILES string of the molecule is CCC/C=C/CC/C=C/CC/C=C/C(O)C(COC1OC(CO)C(OC2OC(CO)C(OC3OC(CO)C(O)C(O)C3O)C(O)C2O)C(O)C1O)NC(=O)CCCCCCCCCCCCCCCCCCCCCCCCCCCCCCC/C=C\C/C=C\CCCCCCC. The van der Waals surface area contributed by atoms with Gasteiger partial charge in [0.15, 0.2) is 18.9 Å². The van der Waals surface area contributed by atoms with E-state index >= 15 is 0 Å². The van der Waals surface area contributed by atoms with Crippen LogP contribution in [0, 0.1) is 0 Å². The molecule has 17 atom stereocenters. The van der Waals surface area contributed by atoms with Crippen molar-refractivity contribution in [3.63, 3.8) is 0 Å². The third-order valence-corrected chi connectivity index (χ3v) is 19.2. The van der Waals surface area contributed by atoms with E-state index < -0.39 is 124 Å². The minimum absolute atomic E-state index is 0.234. The van der Waals surface area contributed by atoms with Crippen molar-refractivity contribution in [3.8, 4) is 0 Å². The van der Waals surface area contributed by atoms with Gasteiger partial charge in [-0.3, -0.25) is 4.79 Å². The Labute approximate surface area is 586 Å². The topological polar surface area (TPSA) is 307 Å². The van der Waals surface area contributed by atoms with Crippen LogP contribution in [0.2, 0.25) is 0 Å². The maximum Gasteiger partial charge on any atom is 0.220 e. The Morgan fingerprint density at radius 2 is 0.711 bits per heavy atom. The quantitative estimate of drug-likeness (QED) is 0.0199. The highest BCUT2D eigenvalue weighted by Gasteiger charge is 2.53. The van der Waals surface area contributed by atoms with Gasteiger partial charge in [0.2, 0.25) is 5.91 Å². The van der Waals surface area contributed by atoms with Crippen LogP contribution in [0.25, 0.3) is 0 Å². The number of nitrogens with one attached hydrogen (secondary N) is 1. The largest absolute Gasteiger partial charge is 0.394 e. The van der Waals surface area contributed by atoms with Crippen molar-refractivity contribution < 1.29 is 89.4 Å². The molecule has 19 nitrogen and oxygen atoms in total. The van der Waals surface area contributed by atoms with Gasteiger partial charge < -0.3 is 89.9 Å². The molecule has 0 aromatic rings. The molecule has 19 heteroatoms. The molecule has 3 rings (SSSR count). The van der Waals surface area contributed by atoms with Crippen LogP contribution in [0.3, 0.4) is 0 Å². The van der Waals surface area contributed by atoms with Crippen LogP contribution in [-0.2, 0) is 33.2 Å². The summed E-state index contributed by atoms with van der Waals surface area (Å²) >= 11 is 0. The fourth-order valence-corrected chi connectivity index (χ4v) is 13.0. The Hall–Kier alpha value is -2.51. The van der Waals surface area contributed by atoms with Crippen molar-refractivity contribution in [2.75, 3.05) is 26.4 Å². The first-order valence-corrected chi connectivity index (χ1v) is 39.0. The van der Waals surface area contributed by atoms with Gasteiger partial charge in [0.05, 0.1) is 38.6 Å². The number of carbonyl (C=O) groups is 1. The van der Waals surface area contributed by atoms with Crippen LogP contribution in [0.15, 0.2) is 60.8 Å². The molecular weight excluding hydrogens is 1240 g/mol. The molecule has 3 aliphatic heterocycles. The van der Waals surface area contributed by atoms with Gasteiger partial charge in [0.25, 0.3) is 0 Å². The molecule has 3 fully saturated rings. The minimum Gasteiger partial charge on any atom is -0.394 e. The molecule has 0 saturated carbocycles. The molecule has 0 aromatic heterocycles. The zero-order valence-electron chi connectivity index (χ0n) is 60.3. The number of allylic oxidation sites excluding steroid dienone is 9. The maximum absolute atomic E-state index is 13.4. The molecule has 0 radical (unpaired) electrons. The second-order valence-electron chi connectivity index (χ2n) is 27.8. The number of carbonyl (C=O) groups excluding carboxylic acids is 1. The summed E-state index contributed by atoms with van der Waals surface area (Å²) in [5.41, 5.74) is 0. The highest BCUT2D eigenvalue weighted by molar-refractivity contribution is 5.76. The van der Waals surface area contributed by atoms with Gasteiger partial charge in [-0.2, -0.15) is 0 Å². The van der Waals surface area contributed by atoms with Crippen LogP contribution < -0.4 is 5.32 Å². The maximum atomic E-state index is 13.4. The molecule has 0 bridgehead atoms. The standard InChI is InChI=1S/C78H141NO18/c1-3-5-7-9-11-13-15-16-17-18-19-20-21-22-23-24-25-26-27-28-29-30-31-32-33-34-35-36-37-38-39-40-41-42-43-44-46-48-50-52-54-56-66(84)79-61(62(83)55-53-51-49-47-45-14-12-10-8-6-4-2)60-92-76-72(90)69(87)74(64(58-81)94-76)97-78-73(91)70(88)75(65(59-82)95-78)96-77-71(89)68(86)67(85)63(57-80)93-77/h8,10,15-16,18-19,45,47,53,55,61-65,67-78,80-83,85-91H,3-7,9,11-14,17,20-44,46,48-52,54,56-60H2,1-2H3,(H,79,84)/b10-8+,16-15-,19-18-,47-45+,55-53+. The molecule has 3 saturated heterocycles. The molecule has 17 unspecified atom stereocenters. The van der Waals surface area contributed by atoms with E-state index in [1.807, 2.05) is 6.08 Å². The van der Waals surface area contributed by atoms with Gasteiger partial charge >= 0.3 is 0 Å². The van der Waals surface area contributed by atoms with Gasteiger partial charge in [0.1, 0.15) is 73.2 Å². The van der Waals surface area contributed by atoms with Crippen LogP contribution in [0.4, 0.5) is 0 Å². The highest BCUT2D eigenvalue weighted by atomic mass is 16.8. The molecule has 3 aliphatic rings. The fraction of sp³-hybridized carbons (Fsp3) is 0.859. The highest BCUT2D eigenvalue weighted by Crippen LogP contribution is 2.33. The van der Waals surface area contributed by atoms with Crippen molar-refractivity contribution in [2.45, 2.75) is 401 Å². The molecule has 97 heavy (non-hydrogen) atoms. The summed E-state index contributed by atoms with van der Waals surface area (Å²) in [5, 5.41) is 120. The Balaban J connectivity index is 1.25. The van der Waals surface area contributed by atoms with Gasteiger partial charge in [-0.05, 0) is 70.6 Å². The van der Waals surface area contributed by atoms with Crippen molar-refractivity contribution in [1.29, 1.82) is 0 Å². The minimum atomic E-state index is -1.98. The average Bonchev–Trinajstić information content (AvgIpc) is 0.792. The van der Waals surface area contributed by atoms with Crippen molar-refractivity contribution >= 4 is 5.91 Å². The number of hydrogen-bond donors (Lipinski definition) is 12. The van der Waals surface area contributed by atoms with Gasteiger partial charge in [-0.1, -0.05) is 280 Å². The summed E-state index contributed by atoms with van der Waals surface area (Å²) in [5.74, 6) is -0.288. The number of amides is 1. The summed E-state index contributed by atoms with van der Waals surface area (Å²) < 4.78 is 34.3. The molecular formula is C78H141NO18. The first kappa shape index (κ1) is 88.7. The van der Waals surface area contributed by atoms with E-state index in [-0.39, 0.29) is 18.9 Å². The zero-order chi connectivity index (χ0) is 70.4. The second-order valence-corrected chi connectivity index (χ2v) is 27.8. The molecule has 0 spiro atoms. The summed E-state index contributed by atoms with van der Waals surface area (Å²) in [6.07, 6.45) is 48.5. The molecule has 566 valence electrons. The van der Waals surface area contributed by atoms with E-state index in [2.05, 4.69) is 67.8 Å². The molecule has 12 N–H and O–H groups in total. The van der Waals surface area contributed by atoms with E-state index in [4.69, 9.17) is 28.4 Å². The number of rotatable bonds is 61. The number of hydrogen-bond acceptors (Lipinski definition) is 18. The van der Waals surface area contributed by atoms with E-state index in [9.17, 15) is 61.0 Å². The van der Waals surface area contributed by atoms with E-state index in [1.54, 1.807) is 6.08 Å². The van der Waals surface area contributed by atoms with Crippen LogP contribution in [0.5, 0.6) is 0 Å². The van der Waals surface area contributed by atoms with Crippen molar-refractivity contribution in [3.05, 3.63) is 60.8 Å². The van der Waals surface area contributed by atoms with E-state index in [1.165, 1.54) is 205 Å². The normalized spacial score (nSPS) is 27.2. The second kappa shape index (κ2) is 58.9. The predicted molar refractivity (Wildman–Crippen MR) is 383 cm³/mol. The molecule has 0 aliphatic carbocycles. The van der Waals surface area contributed by atoms with Crippen LogP contribution in [-0.4, -0.2) is 193 Å². The first-order valence-electron chi connectivity index (χ1n) is 39.0. The summed E-state index contributed by atoms with van der Waals surface area (Å²) in [6.45, 7) is 1.62. The lowest BCUT2D eigenvalue weighted by Crippen LogP contribution is -2.66. The predicted octanol–water partition coefficient (Wildman–Crippen LogP) is 12.3. The molecule has 1 amide bonds. The summed E-state index contributed by atoms with van der Waals surface area (Å²) in [6, 6.07) is -0.995. The Morgan fingerprint density at radius 1 is 0.371 bits per heavy atom. The summed E-state index contributed by atoms with van der Waals surface area (Å²) in [4.78, 5) is 13.4. The Morgan fingerprint density at radius 3 is 1.12 bits per heavy atom. The lowest BCUT2D eigenvalue weighted by Gasteiger charge is -2.48. The van der Waals surface area contributed by atoms with Crippen molar-refractivity contribution in [1.82, 2.24) is 5.32 Å². The lowest BCUT2D eigenvalue weighted by molar-refractivity contribution is -0.379. The number of ether oxygens (including phenoxy) is 6. The van der Waals surface area contributed by atoms with Crippen molar-refractivity contribution in [2.24, 2.45) is 0 Å². The number of aliphatic hydroxyl groups is 11. The van der Waals surface area contributed by atoms with Gasteiger partial charge in [-0.15, -0.1) is 0 Å². The number of aliphatic hydroxyl groups excluding tert-OH is 11. The lowest BCUT2D eigenvalue weighted by atomic mass is 9.96. The molecule has 3 heterocycles. The Bertz CT molecular complexity index is 1990. The third-order valence-electron chi connectivity index (χ3n) is 19.2. The summed E-state index contributed by atoms with van der Waals surface area (Å²) in [7, 11) is 0. The average molecular weight is 1380 g/mol. The van der Waals surface area contributed by atoms with Gasteiger partial charge in [0, 0.05) is 6.42 Å². The Kier molecular flexibility index (Phi) is 53.9. The third kappa shape index (κ3) is 39.6. The number of unbranched alkanes of at least 4 members (excludes halogenated alkanes) is 37. The van der Waals surface area contributed by atoms with E-state index in [0.29, 0.717) is 12.8 Å². The smallest absolute Gasteiger partial charge is 0.220 e. The van der Waals surface area contributed by atoms with Crippen LogP contribution in [0.1, 0.15) is 296 Å². The zero-order valence-corrected chi connectivity index (χ0v) is 60.3.